The number of carbonyl (C=O) groups is 3. The maximum absolute atomic E-state index is 13.3. The number of hydrogen-bond acceptors (Lipinski definition) is 8. The van der Waals surface area contributed by atoms with E-state index in [1.54, 1.807) is 34.6 Å². The molecule has 2 atom stereocenters. The summed E-state index contributed by atoms with van der Waals surface area (Å²) in [6, 6.07) is 5.29. The Morgan fingerprint density at radius 2 is 1.85 bits per heavy atom. The lowest BCUT2D eigenvalue weighted by Gasteiger charge is -2.27. The number of hydroxylamine groups is 1. The van der Waals surface area contributed by atoms with Gasteiger partial charge in [0.1, 0.15) is 11.8 Å². The molecule has 0 unspecified atom stereocenters. The maximum atomic E-state index is 13.3. The molecule has 2 aliphatic heterocycles. The largest absolute Gasteiger partial charge is 0.508 e. The van der Waals surface area contributed by atoms with Crippen LogP contribution in [0.25, 0.3) is 0 Å². The maximum Gasteiger partial charge on any atom is 0.243 e. The molecular weight excluding hydrogens is 464 g/mol. The summed E-state index contributed by atoms with van der Waals surface area (Å²) < 4.78 is -0.159. The number of benzene rings is 1. The van der Waals surface area contributed by atoms with Gasteiger partial charge in [0.2, 0.25) is 17.7 Å². The zero-order chi connectivity index (χ0) is 23.8. The molecule has 182 valence electrons. The van der Waals surface area contributed by atoms with Gasteiger partial charge in [0.25, 0.3) is 0 Å². The monoisotopic (exact) mass is 496 g/mol. The molecule has 0 aliphatic carbocycles. The normalized spacial score (nSPS) is 20.1. The van der Waals surface area contributed by atoms with Crippen molar-refractivity contribution in [1.82, 2.24) is 15.7 Å². The lowest BCUT2D eigenvalue weighted by atomic mass is 10.0. The Bertz CT molecular complexity index is 833. The summed E-state index contributed by atoms with van der Waals surface area (Å²) in [7, 11) is 0. The summed E-state index contributed by atoms with van der Waals surface area (Å²) in [5.41, 5.74) is 8.71. The number of aromatic hydroxyl groups is 1. The van der Waals surface area contributed by atoms with Crippen LogP contribution in [0, 0.1) is 0 Å². The minimum absolute atomic E-state index is 0.156. The molecule has 0 radical (unpaired) electrons. The van der Waals surface area contributed by atoms with Gasteiger partial charge in [-0.3, -0.25) is 19.6 Å². The number of nitrogens with zero attached hydrogens (tertiary/aromatic N) is 1. The molecule has 3 amide bonds. The van der Waals surface area contributed by atoms with Crippen molar-refractivity contribution in [2.24, 2.45) is 5.73 Å². The Morgan fingerprint density at radius 3 is 2.52 bits per heavy atom. The summed E-state index contributed by atoms with van der Waals surface area (Å²) in [6.07, 6.45) is 3.25. The summed E-state index contributed by atoms with van der Waals surface area (Å²) in [6.45, 7) is 0.962. The topological polar surface area (TPSA) is 145 Å². The minimum Gasteiger partial charge on any atom is -0.508 e. The minimum atomic E-state index is -0.769. The highest BCUT2D eigenvalue weighted by Gasteiger charge is 2.51. The van der Waals surface area contributed by atoms with Crippen molar-refractivity contribution in [1.29, 1.82) is 0 Å². The summed E-state index contributed by atoms with van der Waals surface area (Å²) >= 11 is 3.63. The molecule has 9 nitrogen and oxygen atoms in total. The zero-order valence-electron chi connectivity index (χ0n) is 18.5. The summed E-state index contributed by atoms with van der Waals surface area (Å²) in [5, 5.41) is 20.9. The number of rotatable bonds is 10. The SMILES string of the molecule is N[C@@H](Cc1ccc(O)cc1)C(=O)N1CC2(C[C@H]1C(=O)NCCCCCC(=O)NO)SCCS2. The van der Waals surface area contributed by atoms with E-state index in [4.69, 9.17) is 10.9 Å². The smallest absolute Gasteiger partial charge is 0.243 e. The van der Waals surface area contributed by atoms with Crippen molar-refractivity contribution in [2.45, 2.75) is 54.7 Å². The molecule has 3 rings (SSSR count). The molecule has 2 fully saturated rings. The molecule has 1 aromatic carbocycles. The summed E-state index contributed by atoms with van der Waals surface area (Å²) in [5.74, 6) is 1.34. The third kappa shape index (κ3) is 7.02. The van der Waals surface area contributed by atoms with Crippen LogP contribution in [0.4, 0.5) is 0 Å². The standard InChI is InChI=1S/C22H32N4O5S2/c23-17(12-15-5-7-16(27)8-6-15)21(30)26-14-22(32-10-11-33-22)13-18(26)20(29)24-9-3-1-2-4-19(28)25-31/h5-8,17-18,27,31H,1-4,9-14,23H2,(H,24,29)(H,25,28)/t17-,18-/m0/s1. The number of phenols is 1. The zero-order valence-corrected chi connectivity index (χ0v) is 20.1. The number of thioether (sulfide) groups is 2. The van der Waals surface area contributed by atoms with E-state index < -0.39 is 18.0 Å². The van der Waals surface area contributed by atoms with Gasteiger partial charge in [0, 0.05) is 37.4 Å². The van der Waals surface area contributed by atoms with Gasteiger partial charge in [0.05, 0.1) is 10.1 Å². The predicted octanol–water partition coefficient (Wildman–Crippen LogP) is 1.22. The number of nitrogens with one attached hydrogen (secondary N) is 2. The molecule has 2 heterocycles. The number of phenolic OH excluding ortho intramolecular Hbond substituents is 1. The second-order valence-corrected chi connectivity index (χ2v) is 11.6. The molecule has 0 bridgehead atoms. The Morgan fingerprint density at radius 1 is 1.15 bits per heavy atom. The van der Waals surface area contributed by atoms with Crippen LogP contribution in [0.2, 0.25) is 0 Å². The average Bonchev–Trinajstić information content (AvgIpc) is 3.43. The van der Waals surface area contributed by atoms with Crippen LogP contribution in [-0.2, 0) is 20.8 Å². The van der Waals surface area contributed by atoms with E-state index in [2.05, 4.69) is 5.32 Å². The Kier molecular flexibility index (Phi) is 9.30. The van der Waals surface area contributed by atoms with Crippen LogP contribution in [-0.4, -0.2) is 73.7 Å². The molecule has 2 aliphatic rings. The highest BCUT2D eigenvalue weighted by atomic mass is 32.2. The van der Waals surface area contributed by atoms with Gasteiger partial charge >= 0.3 is 0 Å². The second kappa shape index (κ2) is 12.0. The van der Waals surface area contributed by atoms with E-state index in [1.165, 1.54) is 0 Å². The summed E-state index contributed by atoms with van der Waals surface area (Å²) in [4.78, 5) is 39.0. The number of likely N-dealkylation sites (tertiary alicyclic amines) is 1. The Labute approximate surface area is 202 Å². The number of unbranched alkanes of at least 4 members (excludes halogenated alkanes) is 2. The fourth-order valence-electron chi connectivity index (χ4n) is 4.17. The molecule has 2 saturated heterocycles. The van der Waals surface area contributed by atoms with Crippen molar-refractivity contribution in [3.8, 4) is 5.75 Å². The van der Waals surface area contributed by atoms with Crippen molar-refractivity contribution >= 4 is 41.2 Å². The van der Waals surface area contributed by atoms with Crippen LogP contribution < -0.4 is 16.5 Å². The first kappa shape index (κ1) is 25.7. The third-order valence-corrected chi connectivity index (χ3v) is 9.33. The van der Waals surface area contributed by atoms with Gasteiger partial charge in [-0.05, 0) is 37.0 Å². The van der Waals surface area contributed by atoms with E-state index in [9.17, 15) is 19.5 Å². The molecular formula is C22H32N4O5S2. The van der Waals surface area contributed by atoms with Crippen molar-refractivity contribution in [3.63, 3.8) is 0 Å². The average molecular weight is 497 g/mol. The van der Waals surface area contributed by atoms with Gasteiger partial charge < -0.3 is 21.1 Å². The Hall–Kier alpha value is -1.95. The van der Waals surface area contributed by atoms with Crippen LogP contribution >= 0.6 is 23.5 Å². The molecule has 0 aromatic heterocycles. The lowest BCUT2D eigenvalue weighted by molar-refractivity contribution is -0.139. The van der Waals surface area contributed by atoms with Crippen molar-refractivity contribution < 1.29 is 24.7 Å². The molecule has 0 saturated carbocycles. The fraction of sp³-hybridized carbons (Fsp3) is 0.591. The van der Waals surface area contributed by atoms with E-state index in [-0.39, 0.29) is 28.1 Å². The van der Waals surface area contributed by atoms with Crippen LogP contribution in [0.15, 0.2) is 24.3 Å². The predicted molar refractivity (Wildman–Crippen MR) is 129 cm³/mol. The molecule has 6 N–H and O–H groups in total. The highest BCUT2D eigenvalue weighted by Crippen LogP contribution is 2.51. The van der Waals surface area contributed by atoms with E-state index >= 15 is 0 Å². The first-order valence-corrected chi connectivity index (χ1v) is 13.1. The van der Waals surface area contributed by atoms with Gasteiger partial charge in [-0.25, -0.2) is 5.48 Å². The third-order valence-electron chi connectivity index (χ3n) is 5.90. The van der Waals surface area contributed by atoms with Gasteiger partial charge in [-0.1, -0.05) is 18.6 Å². The first-order chi connectivity index (χ1) is 15.8. The first-order valence-electron chi connectivity index (χ1n) is 11.2. The Balaban J connectivity index is 1.57. The van der Waals surface area contributed by atoms with Crippen molar-refractivity contribution in [3.05, 3.63) is 29.8 Å². The number of nitrogens with two attached hydrogens (primary N) is 1. The van der Waals surface area contributed by atoms with Gasteiger partial charge in [-0.2, -0.15) is 0 Å². The quantitative estimate of drug-likeness (QED) is 0.185. The van der Waals surface area contributed by atoms with E-state index in [0.29, 0.717) is 38.8 Å². The second-order valence-electron chi connectivity index (χ2n) is 8.41. The number of carbonyl (C=O) groups excluding carboxylic acids is 3. The van der Waals surface area contributed by atoms with Crippen LogP contribution in [0.1, 0.15) is 37.7 Å². The molecule has 11 heteroatoms. The fourth-order valence-corrected chi connectivity index (χ4v) is 7.43. The van der Waals surface area contributed by atoms with E-state index in [1.807, 2.05) is 23.5 Å². The molecule has 1 spiro atoms. The highest BCUT2D eigenvalue weighted by molar-refractivity contribution is 8.21. The molecule has 33 heavy (non-hydrogen) atoms. The van der Waals surface area contributed by atoms with Crippen molar-refractivity contribution in [2.75, 3.05) is 24.6 Å². The van der Waals surface area contributed by atoms with E-state index in [0.717, 1.165) is 23.5 Å². The van der Waals surface area contributed by atoms with Crippen LogP contribution in [0.5, 0.6) is 5.75 Å². The number of amides is 3. The number of hydrogen-bond donors (Lipinski definition) is 5. The van der Waals surface area contributed by atoms with Gasteiger partial charge in [0.15, 0.2) is 0 Å². The van der Waals surface area contributed by atoms with Crippen LogP contribution in [0.3, 0.4) is 0 Å². The lowest BCUT2D eigenvalue weighted by Crippen LogP contribution is -2.52. The molecule has 1 aromatic rings. The van der Waals surface area contributed by atoms with Gasteiger partial charge in [-0.15, -0.1) is 23.5 Å².